The van der Waals surface area contributed by atoms with Gasteiger partial charge in [0.1, 0.15) is 0 Å². The van der Waals surface area contributed by atoms with E-state index >= 15 is 0 Å². The van der Waals surface area contributed by atoms with Crippen LogP contribution in [-0.4, -0.2) is 0 Å². The molecule has 0 nitrogen and oxygen atoms in total. The summed E-state index contributed by atoms with van der Waals surface area (Å²) in [4.78, 5) is 0. The fraction of sp³-hybridized carbons (Fsp3) is 0.0417. The van der Waals surface area contributed by atoms with Gasteiger partial charge in [-0.25, -0.2) is 0 Å². The SMILES string of the molecule is C1=Cc2c(cc(-c3cccc(-c4c5ccccc5c(-c5ccc6ccccc6c5)c5ccccc45)c3)c3ccc4ccccc4c23)CC1. The van der Waals surface area contributed by atoms with Gasteiger partial charge in [0.05, 0.1) is 0 Å². The van der Waals surface area contributed by atoms with Crippen LogP contribution < -0.4 is 0 Å². The zero-order valence-electron chi connectivity index (χ0n) is 26.6. The quantitative estimate of drug-likeness (QED) is 0.138. The van der Waals surface area contributed by atoms with E-state index in [2.05, 4.69) is 170 Å². The molecule has 0 N–H and O–H groups in total. The Morgan fingerprint density at radius 1 is 0.375 bits per heavy atom. The maximum absolute atomic E-state index is 2.47. The number of allylic oxidation sites excluding steroid dienone is 1. The second-order valence-corrected chi connectivity index (χ2v) is 13.1. The van der Waals surface area contributed by atoms with E-state index in [-0.39, 0.29) is 0 Å². The first-order valence-corrected chi connectivity index (χ1v) is 17.0. The van der Waals surface area contributed by atoms with E-state index in [9.17, 15) is 0 Å². The Morgan fingerprint density at radius 3 is 1.69 bits per heavy atom. The van der Waals surface area contributed by atoms with Crippen LogP contribution in [0.25, 0.3) is 93.3 Å². The van der Waals surface area contributed by atoms with Crippen molar-refractivity contribution in [1.82, 2.24) is 0 Å². The summed E-state index contributed by atoms with van der Waals surface area (Å²) in [5.74, 6) is 0. The molecule has 0 radical (unpaired) electrons. The summed E-state index contributed by atoms with van der Waals surface area (Å²) >= 11 is 0. The summed E-state index contributed by atoms with van der Waals surface area (Å²) in [7, 11) is 0. The van der Waals surface area contributed by atoms with Gasteiger partial charge in [-0.1, -0.05) is 152 Å². The second kappa shape index (κ2) is 10.8. The number of aryl methyl sites for hydroxylation is 1. The molecule has 1 aliphatic carbocycles. The van der Waals surface area contributed by atoms with Crippen molar-refractivity contribution in [3.8, 4) is 33.4 Å². The average Bonchev–Trinajstić information content (AvgIpc) is 3.16. The minimum atomic E-state index is 1.07. The largest absolute Gasteiger partial charge is 0.0836 e. The average molecular weight is 609 g/mol. The third-order valence-corrected chi connectivity index (χ3v) is 10.4. The maximum atomic E-state index is 2.47. The van der Waals surface area contributed by atoms with Gasteiger partial charge in [-0.05, 0) is 129 Å². The maximum Gasteiger partial charge on any atom is -0.00239 e. The first-order valence-electron chi connectivity index (χ1n) is 17.0. The molecular formula is C48H32. The fourth-order valence-corrected chi connectivity index (χ4v) is 8.29. The van der Waals surface area contributed by atoms with Crippen LogP contribution in [-0.2, 0) is 6.42 Å². The fourth-order valence-electron chi connectivity index (χ4n) is 8.29. The molecule has 0 aliphatic heterocycles. The van der Waals surface area contributed by atoms with E-state index in [4.69, 9.17) is 0 Å². The Kier molecular flexibility index (Phi) is 6.11. The highest BCUT2D eigenvalue weighted by Gasteiger charge is 2.19. The third kappa shape index (κ3) is 4.16. The van der Waals surface area contributed by atoms with Crippen LogP contribution >= 0.6 is 0 Å². The summed E-state index contributed by atoms with van der Waals surface area (Å²) in [6, 6.07) is 58.7. The molecule has 10 rings (SSSR count). The number of fused-ring (bicyclic) bond motifs is 8. The smallest absolute Gasteiger partial charge is 0.00239 e. The molecule has 1 aliphatic rings. The van der Waals surface area contributed by atoms with Gasteiger partial charge in [0.2, 0.25) is 0 Å². The topological polar surface area (TPSA) is 0 Å². The highest BCUT2D eigenvalue weighted by Crippen LogP contribution is 2.46. The van der Waals surface area contributed by atoms with Crippen LogP contribution in [0.3, 0.4) is 0 Å². The Bertz CT molecular complexity index is 2720. The molecule has 0 fully saturated rings. The molecule has 9 aromatic carbocycles. The standard InChI is InChI=1S/C48H32/c1-2-14-33-28-37(25-24-31(33)12-1)47-42-22-9-7-20-40(42)46(41-21-8-10-23-43(41)47)36-17-11-16-34(29-36)45-30-35-15-4-6-19-39(35)48-38-18-5-3-13-32(38)26-27-44(45)48/h1-3,5-14,16-30H,4,15H2. The molecule has 224 valence electrons. The van der Waals surface area contributed by atoms with Gasteiger partial charge in [-0.3, -0.25) is 0 Å². The molecule has 0 amide bonds. The lowest BCUT2D eigenvalue weighted by molar-refractivity contribution is 0.990. The van der Waals surface area contributed by atoms with Crippen molar-refractivity contribution < 1.29 is 0 Å². The molecular weight excluding hydrogens is 577 g/mol. The third-order valence-electron chi connectivity index (χ3n) is 10.4. The van der Waals surface area contributed by atoms with Crippen molar-refractivity contribution in [3.63, 3.8) is 0 Å². The first kappa shape index (κ1) is 27.2. The zero-order chi connectivity index (χ0) is 31.6. The number of benzene rings is 9. The molecule has 0 spiro atoms. The van der Waals surface area contributed by atoms with E-state index in [1.807, 2.05) is 0 Å². The van der Waals surface area contributed by atoms with Crippen molar-refractivity contribution in [2.24, 2.45) is 0 Å². The highest BCUT2D eigenvalue weighted by molar-refractivity contribution is 6.22. The number of hydrogen-bond acceptors (Lipinski definition) is 0. The van der Waals surface area contributed by atoms with Crippen molar-refractivity contribution >= 4 is 59.9 Å². The molecule has 48 heavy (non-hydrogen) atoms. The van der Waals surface area contributed by atoms with E-state index < -0.39 is 0 Å². The summed E-state index contributed by atoms with van der Waals surface area (Å²) in [6.45, 7) is 0. The molecule has 9 aromatic rings. The Hall–Kier alpha value is -5.98. The van der Waals surface area contributed by atoms with Crippen LogP contribution in [0.15, 0.2) is 164 Å². The summed E-state index contributed by atoms with van der Waals surface area (Å²) in [5.41, 5.74) is 10.5. The highest BCUT2D eigenvalue weighted by atomic mass is 14.2. The number of hydrogen-bond donors (Lipinski definition) is 0. The van der Waals surface area contributed by atoms with Crippen LogP contribution in [0.1, 0.15) is 17.5 Å². The molecule has 0 saturated carbocycles. The summed E-state index contributed by atoms with van der Waals surface area (Å²) in [5, 5.41) is 13.0. The van der Waals surface area contributed by atoms with Gasteiger partial charge in [0, 0.05) is 0 Å². The van der Waals surface area contributed by atoms with Crippen LogP contribution in [0.4, 0.5) is 0 Å². The first-order chi connectivity index (χ1) is 23.8. The normalized spacial score (nSPS) is 12.8. The Labute approximate surface area is 280 Å². The summed E-state index contributed by atoms with van der Waals surface area (Å²) in [6.07, 6.45) is 6.85. The van der Waals surface area contributed by atoms with Crippen LogP contribution in [0, 0.1) is 0 Å². The van der Waals surface area contributed by atoms with Crippen molar-refractivity contribution in [3.05, 3.63) is 175 Å². The molecule has 0 heterocycles. The zero-order valence-corrected chi connectivity index (χ0v) is 26.6. The van der Waals surface area contributed by atoms with Gasteiger partial charge in [-0.15, -0.1) is 0 Å². The lowest BCUT2D eigenvalue weighted by Gasteiger charge is -2.20. The molecule has 0 heteroatoms. The summed E-state index contributed by atoms with van der Waals surface area (Å²) < 4.78 is 0. The molecule has 0 bridgehead atoms. The molecule has 0 atom stereocenters. The molecule has 0 aromatic heterocycles. The van der Waals surface area contributed by atoms with Gasteiger partial charge >= 0.3 is 0 Å². The minimum Gasteiger partial charge on any atom is -0.0836 e. The monoisotopic (exact) mass is 608 g/mol. The van der Waals surface area contributed by atoms with Crippen molar-refractivity contribution in [2.75, 3.05) is 0 Å². The van der Waals surface area contributed by atoms with E-state index in [0.717, 1.165) is 12.8 Å². The second-order valence-electron chi connectivity index (χ2n) is 13.1. The lowest BCUT2D eigenvalue weighted by atomic mass is 9.83. The van der Waals surface area contributed by atoms with E-state index in [1.165, 1.54) is 98.4 Å². The Balaban J connectivity index is 1.24. The van der Waals surface area contributed by atoms with Gasteiger partial charge in [-0.2, -0.15) is 0 Å². The van der Waals surface area contributed by atoms with E-state index in [0.29, 0.717) is 0 Å². The van der Waals surface area contributed by atoms with Crippen molar-refractivity contribution in [2.45, 2.75) is 12.8 Å². The van der Waals surface area contributed by atoms with Crippen molar-refractivity contribution in [1.29, 1.82) is 0 Å². The molecule has 0 saturated heterocycles. The van der Waals surface area contributed by atoms with Gasteiger partial charge in [0.15, 0.2) is 0 Å². The van der Waals surface area contributed by atoms with Gasteiger partial charge in [0.25, 0.3) is 0 Å². The predicted molar refractivity (Wildman–Crippen MR) is 208 cm³/mol. The van der Waals surface area contributed by atoms with E-state index in [1.54, 1.807) is 0 Å². The Morgan fingerprint density at radius 2 is 0.958 bits per heavy atom. The van der Waals surface area contributed by atoms with Gasteiger partial charge < -0.3 is 0 Å². The van der Waals surface area contributed by atoms with Crippen LogP contribution in [0.2, 0.25) is 0 Å². The minimum absolute atomic E-state index is 1.07. The number of rotatable bonds is 3. The molecule has 0 unspecified atom stereocenters. The van der Waals surface area contributed by atoms with Crippen LogP contribution in [0.5, 0.6) is 0 Å². The predicted octanol–water partition coefficient (Wildman–Crippen LogP) is 13.4. The lowest BCUT2D eigenvalue weighted by Crippen LogP contribution is -1.98.